The highest BCUT2D eigenvalue weighted by molar-refractivity contribution is 5.93. The maximum absolute atomic E-state index is 4.29. The van der Waals surface area contributed by atoms with Gasteiger partial charge in [-0.2, -0.15) is 0 Å². The van der Waals surface area contributed by atoms with E-state index in [2.05, 4.69) is 122 Å². The summed E-state index contributed by atoms with van der Waals surface area (Å²) < 4.78 is 0. The Hall–Kier alpha value is -3.58. The summed E-state index contributed by atoms with van der Waals surface area (Å²) in [6.07, 6.45) is 12.7. The van der Waals surface area contributed by atoms with E-state index in [4.69, 9.17) is 0 Å². The van der Waals surface area contributed by atoms with Crippen molar-refractivity contribution in [2.45, 2.75) is 33.1 Å². The van der Waals surface area contributed by atoms with E-state index in [0.29, 0.717) is 11.3 Å². The molecule has 0 radical (unpaired) electrons. The molecule has 1 unspecified atom stereocenters. The summed E-state index contributed by atoms with van der Waals surface area (Å²) in [4.78, 5) is 2.38. The summed E-state index contributed by atoms with van der Waals surface area (Å²) in [7, 11) is 0. The molecule has 0 spiro atoms. The van der Waals surface area contributed by atoms with Gasteiger partial charge in [0.15, 0.2) is 0 Å². The Kier molecular flexibility index (Phi) is 4.95. The van der Waals surface area contributed by atoms with Gasteiger partial charge in [0.1, 0.15) is 0 Å². The number of hydrogen-bond donors (Lipinski definition) is 0. The summed E-state index contributed by atoms with van der Waals surface area (Å²) in [6, 6.07) is 26.4. The number of allylic oxidation sites excluding steroid dienone is 5. The number of benzene rings is 3. The molecule has 0 saturated carbocycles. The van der Waals surface area contributed by atoms with Gasteiger partial charge in [-0.3, -0.25) is 0 Å². The molecule has 0 amide bonds. The average Bonchev–Trinajstić information content (AvgIpc) is 3.00. The molecule has 0 saturated heterocycles. The van der Waals surface area contributed by atoms with E-state index in [1.165, 1.54) is 56.9 Å². The fourth-order valence-electron chi connectivity index (χ4n) is 6.12. The Morgan fingerprint density at radius 1 is 0.794 bits per heavy atom. The van der Waals surface area contributed by atoms with Gasteiger partial charge in [-0.15, -0.1) is 0 Å². The molecular formula is C33H31N. The second kappa shape index (κ2) is 8.02. The van der Waals surface area contributed by atoms with Crippen molar-refractivity contribution in [2.75, 3.05) is 4.90 Å². The van der Waals surface area contributed by atoms with Crippen LogP contribution in [0.2, 0.25) is 0 Å². The summed E-state index contributed by atoms with van der Waals surface area (Å²) in [6.45, 7) is 9.09. The molecule has 3 aliphatic rings. The highest BCUT2D eigenvalue weighted by atomic mass is 15.1. The predicted molar refractivity (Wildman–Crippen MR) is 146 cm³/mol. The number of anilines is 3. The first kappa shape index (κ1) is 21.0. The van der Waals surface area contributed by atoms with Crippen LogP contribution in [0.4, 0.5) is 17.1 Å². The molecule has 0 aromatic heterocycles. The summed E-state index contributed by atoms with van der Waals surface area (Å²) >= 11 is 0. The summed E-state index contributed by atoms with van der Waals surface area (Å²) in [5, 5.41) is 0. The van der Waals surface area contributed by atoms with Gasteiger partial charge in [0, 0.05) is 5.69 Å². The molecule has 1 atom stereocenters. The van der Waals surface area contributed by atoms with E-state index < -0.39 is 0 Å². The van der Waals surface area contributed by atoms with Crippen LogP contribution in [-0.2, 0) is 0 Å². The first-order chi connectivity index (χ1) is 16.5. The lowest BCUT2D eigenvalue weighted by Gasteiger charge is -2.42. The quantitative estimate of drug-likeness (QED) is 0.299. The van der Waals surface area contributed by atoms with Crippen LogP contribution in [0.3, 0.4) is 0 Å². The Morgan fingerprint density at radius 2 is 1.41 bits per heavy atom. The molecule has 3 aromatic rings. The van der Waals surface area contributed by atoms with Gasteiger partial charge in [0.05, 0.1) is 11.4 Å². The minimum atomic E-state index is 0.300. The van der Waals surface area contributed by atoms with Crippen LogP contribution in [0.5, 0.6) is 0 Å². The largest absolute Gasteiger partial charge is 0.309 e. The highest BCUT2D eigenvalue weighted by Gasteiger charge is 2.36. The lowest BCUT2D eigenvalue weighted by Crippen LogP contribution is -2.30. The van der Waals surface area contributed by atoms with Gasteiger partial charge >= 0.3 is 0 Å². The van der Waals surface area contributed by atoms with Gasteiger partial charge in [-0.05, 0) is 82.7 Å². The molecule has 168 valence electrons. The molecule has 2 aliphatic carbocycles. The Labute approximate surface area is 203 Å². The number of hydrogen-bond acceptors (Lipinski definition) is 1. The van der Waals surface area contributed by atoms with Crippen molar-refractivity contribution >= 4 is 34.8 Å². The number of para-hydroxylation sites is 2. The number of fused-ring (bicyclic) bond motifs is 3. The molecule has 3 aromatic carbocycles. The Morgan fingerprint density at radius 3 is 2.06 bits per heavy atom. The second-order valence-corrected chi connectivity index (χ2v) is 10.6. The minimum absolute atomic E-state index is 0.300. The SMILES string of the molecule is C=C1C=C2C=C(c3ccc(N4c5ccccc5C=Cc5ccccc54)cc3)CCC2C(C)(C)C1. The summed E-state index contributed by atoms with van der Waals surface area (Å²) in [5.41, 5.74) is 11.9. The fraction of sp³-hybridized carbons (Fsp3) is 0.212. The smallest absolute Gasteiger partial charge is 0.0534 e. The summed E-state index contributed by atoms with van der Waals surface area (Å²) in [5.74, 6) is 0.638. The molecule has 1 nitrogen and oxygen atoms in total. The minimum Gasteiger partial charge on any atom is -0.309 e. The van der Waals surface area contributed by atoms with Crippen LogP contribution in [0, 0.1) is 11.3 Å². The number of rotatable bonds is 2. The first-order valence-electron chi connectivity index (χ1n) is 12.4. The molecule has 1 heteroatoms. The van der Waals surface area contributed by atoms with Gasteiger partial charge < -0.3 is 4.90 Å². The van der Waals surface area contributed by atoms with Crippen molar-refractivity contribution in [3.05, 3.63) is 119 Å². The van der Waals surface area contributed by atoms with Gasteiger partial charge in [0.25, 0.3) is 0 Å². The van der Waals surface area contributed by atoms with Gasteiger partial charge in [-0.25, -0.2) is 0 Å². The van der Waals surface area contributed by atoms with E-state index in [9.17, 15) is 0 Å². The van der Waals surface area contributed by atoms with E-state index >= 15 is 0 Å². The maximum atomic E-state index is 4.29. The van der Waals surface area contributed by atoms with Crippen molar-refractivity contribution in [1.82, 2.24) is 0 Å². The van der Waals surface area contributed by atoms with Crippen molar-refractivity contribution in [2.24, 2.45) is 11.3 Å². The lowest BCUT2D eigenvalue weighted by atomic mass is 9.63. The van der Waals surface area contributed by atoms with Crippen molar-refractivity contribution in [3.8, 4) is 0 Å². The van der Waals surface area contributed by atoms with Crippen molar-refractivity contribution in [3.63, 3.8) is 0 Å². The average molecular weight is 442 g/mol. The predicted octanol–water partition coefficient (Wildman–Crippen LogP) is 9.35. The van der Waals surface area contributed by atoms with Crippen LogP contribution in [0.15, 0.2) is 103 Å². The molecule has 0 bridgehead atoms. The zero-order chi connectivity index (χ0) is 23.3. The van der Waals surface area contributed by atoms with Gasteiger partial charge in [-0.1, -0.05) is 98.8 Å². The highest BCUT2D eigenvalue weighted by Crippen LogP contribution is 2.49. The van der Waals surface area contributed by atoms with Crippen LogP contribution >= 0.6 is 0 Å². The van der Waals surface area contributed by atoms with Crippen molar-refractivity contribution in [1.29, 1.82) is 0 Å². The van der Waals surface area contributed by atoms with Crippen LogP contribution in [-0.4, -0.2) is 0 Å². The maximum Gasteiger partial charge on any atom is 0.0534 e. The third-order valence-electron chi connectivity index (χ3n) is 7.74. The van der Waals surface area contributed by atoms with Crippen LogP contribution < -0.4 is 4.90 Å². The monoisotopic (exact) mass is 441 g/mol. The first-order valence-corrected chi connectivity index (χ1v) is 12.4. The number of nitrogens with zero attached hydrogens (tertiary/aromatic N) is 1. The molecule has 34 heavy (non-hydrogen) atoms. The van der Waals surface area contributed by atoms with E-state index in [1.54, 1.807) is 0 Å². The Balaban J connectivity index is 1.38. The van der Waals surface area contributed by atoms with Crippen molar-refractivity contribution < 1.29 is 0 Å². The zero-order valence-electron chi connectivity index (χ0n) is 20.1. The van der Waals surface area contributed by atoms with E-state index in [-0.39, 0.29) is 0 Å². The molecule has 6 rings (SSSR count). The van der Waals surface area contributed by atoms with Gasteiger partial charge in [0.2, 0.25) is 0 Å². The normalized spacial score (nSPS) is 20.5. The Bertz CT molecular complexity index is 1310. The lowest BCUT2D eigenvalue weighted by molar-refractivity contribution is 0.228. The fourth-order valence-corrected chi connectivity index (χ4v) is 6.12. The second-order valence-electron chi connectivity index (χ2n) is 10.6. The van der Waals surface area contributed by atoms with E-state index in [1.807, 2.05) is 0 Å². The third-order valence-corrected chi connectivity index (χ3v) is 7.74. The zero-order valence-corrected chi connectivity index (χ0v) is 20.1. The molecular weight excluding hydrogens is 410 g/mol. The van der Waals surface area contributed by atoms with Crippen LogP contribution in [0.1, 0.15) is 49.8 Å². The van der Waals surface area contributed by atoms with Crippen LogP contribution in [0.25, 0.3) is 17.7 Å². The third kappa shape index (κ3) is 3.56. The topological polar surface area (TPSA) is 3.24 Å². The molecule has 1 aliphatic heterocycles. The molecule has 0 N–H and O–H groups in total. The molecule has 0 fully saturated rings. The molecule has 1 heterocycles. The standard InChI is InChI=1S/C33H31N/c1-23-20-28-21-27(16-19-30(28)33(2,3)22-23)24-14-17-29(18-15-24)34-31-10-6-4-8-25(31)12-13-26-9-5-7-11-32(26)34/h4-15,17-18,20-21,30H,1,16,19,22H2,2-3H3. The van der Waals surface area contributed by atoms with E-state index in [0.717, 1.165) is 12.8 Å².